The average Bonchev–Trinajstić information content (AvgIpc) is 2.47. The number of halogens is 3. The van der Waals surface area contributed by atoms with E-state index in [9.17, 15) is 23.8 Å². The fourth-order valence-corrected chi connectivity index (χ4v) is 2.05. The number of hydrogen-bond acceptors (Lipinski definition) is 3. The summed E-state index contributed by atoms with van der Waals surface area (Å²) in [4.78, 5) is 11.9. The third kappa shape index (κ3) is 3.52. The van der Waals surface area contributed by atoms with E-state index in [1.165, 1.54) is 24.3 Å². The van der Waals surface area contributed by atoms with Crippen molar-refractivity contribution in [3.8, 4) is 5.75 Å². The molecular formula is C15H12ClF2NO3. The van der Waals surface area contributed by atoms with Crippen LogP contribution >= 0.6 is 11.6 Å². The van der Waals surface area contributed by atoms with E-state index in [1.54, 1.807) is 0 Å². The minimum atomic E-state index is -1.53. The minimum absolute atomic E-state index is 0.00616. The van der Waals surface area contributed by atoms with Gasteiger partial charge in [-0.2, -0.15) is 0 Å². The Bertz CT molecular complexity index is 689. The molecule has 1 amide bonds. The smallest absolute Gasteiger partial charge is 0.251 e. The molecule has 0 spiro atoms. The number of aliphatic hydroxyl groups is 1. The molecule has 7 heteroatoms. The van der Waals surface area contributed by atoms with Gasteiger partial charge < -0.3 is 15.5 Å². The molecule has 0 aliphatic rings. The number of rotatable bonds is 4. The Morgan fingerprint density at radius 2 is 1.86 bits per heavy atom. The van der Waals surface area contributed by atoms with Gasteiger partial charge in [0.15, 0.2) is 0 Å². The van der Waals surface area contributed by atoms with Crippen LogP contribution in [0, 0.1) is 11.6 Å². The molecule has 2 aromatic rings. The molecule has 4 nitrogen and oxygen atoms in total. The Morgan fingerprint density at radius 1 is 1.23 bits per heavy atom. The first-order valence-corrected chi connectivity index (χ1v) is 6.66. The van der Waals surface area contributed by atoms with Gasteiger partial charge in [-0.25, -0.2) is 8.78 Å². The molecule has 0 aliphatic heterocycles. The number of carbonyl (C=O) groups excluding carboxylic acids is 1. The summed E-state index contributed by atoms with van der Waals surface area (Å²) in [6.45, 7) is -0.380. The Labute approximate surface area is 130 Å². The summed E-state index contributed by atoms with van der Waals surface area (Å²) in [6, 6.07) is 7.02. The van der Waals surface area contributed by atoms with Gasteiger partial charge in [-0.1, -0.05) is 17.7 Å². The van der Waals surface area contributed by atoms with Gasteiger partial charge in [0.1, 0.15) is 23.5 Å². The highest BCUT2D eigenvalue weighted by molar-refractivity contribution is 6.32. The Balaban J connectivity index is 2.06. The summed E-state index contributed by atoms with van der Waals surface area (Å²) in [5.41, 5.74) is -0.365. The zero-order valence-corrected chi connectivity index (χ0v) is 11.9. The lowest BCUT2D eigenvalue weighted by Gasteiger charge is -2.14. The highest BCUT2D eigenvalue weighted by Crippen LogP contribution is 2.24. The number of aromatic hydroxyl groups is 1. The molecule has 3 N–H and O–H groups in total. The lowest BCUT2D eigenvalue weighted by atomic mass is 10.1. The number of benzene rings is 2. The second-order valence-corrected chi connectivity index (χ2v) is 4.93. The summed E-state index contributed by atoms with van der Waals surface area (Å²) in [5.74, 6) is -2.56. The van der Waals surface area contributed by atoms with Crippen LogP contribution in [0.3, 0.4) is 0 Å². The third-order valence-electron chi connectivity index (χ3n) is 3.00. The molecule has 1 atom stereocenters. The number of nitrogens with one attached hydrogen (secondary N) is 1. The van der Waals surface area contributed by atoms with E-state index in [0.717, 1.165) is 12.1 Å². The maximum Gasteiger partial charge on any atom is 0.251 e. The summed E-state index contributed by atoms with van der Waals surface area (Å²) in [7, 11) is 0. The fraction of sp³-hybridized carbons (Fsp3) is 0.133. The van der Waals surface area contributed by atoms with Gasteiger partial charge in [0, 0.05) is 12.1 Å². The Hall–Kier alpha value is -2.18. The van der Waals surface area contributed by atoms with Crippen molar-refractivity contribution in [2.45, 2.75) is 6.10 Å². The molecule has 22 heavy (non-hydrogen) atoms. The van der Waals surface area contributed by atoms with Gasteiger partial charge in [0.05, 0.1) is 10.6 Å². The summed E-state index contributed by atoms with van der Waals surface area (Å²) < 4.78 is 27.0. The van der Waals surface area contributed by atoms with Crippen LogP contribution in [-0.2, 0) is 0 Å². The van der Waals surface area contributed by atoms with Crippen LogP contribution in [0.15, 0.2) is 36.4 Å². The standard InChI is InChI=1S/C15H12ClF2NO3/c16-9-6-8(4-5-12(9)20)15(22)19-7-13(21)14-10(17)2-1-3-11(14)18/h1-6,13,20-21H,7H2,(H,19,22)/t13-/m1/s1. The maximum atomic E-state index is 13.5. The van der Waals surface area contributed by atoms with Crippen molar-refractivity contribution >= 4 is 17.5 Å². The van der Waals surface area contributed by atoms with Gasteiger partial charge in [0.25, 0.3) is 5.91 Å². The Kier molecular flexibility index (Phi) is 4.95. The van der Waals surface area contributed by atoms with E-state index in [4.69, 9.17) is 11.6 Å². The molecule has 0 saturated heterocycles. The zero-order valence-electron chi connectivity index (χ0n) is 11.2. The largest absolute Gasteiger partial charge is 0.506 e. The van der Waals surface area contributed by atoms with Gasteiger partial charge in [-0.3, -0.25) is 4.79 Å². The Morgan fingerprint density at radius 3 is 2.45 bits per heavy atom. The molecule has 0 unspecified atom stereocenters. The number of phenolic OH excluding ortho intramolecular Hbond substituents is 1. The summed E-state index contributed by atoms with van der Waals surface area (Å²) in [5, 5.41) is 21.4. The maximum absolute atomic E-state index is 13.5. The van der Waals surface area contributed by atoms with E-state index < -0.39 is 29.2 Å². The van der Waals surface area contributed by atoms with Gasteiger partial charge in [-0.15, -0.1) is 0 Å². The van der Waals surface area contributed by atoms with Gasteiger partial charge in [0.2, 0.25) is 0 Å². The van der Waals surface area contributed by atoms with E-state index in [0.29, 0.717) is 0 Å². The van der Waals surface area contributed by atoms with E-state index in [-0.39, 0.29) is 22.9 Å². The van der Waals surface area contributed by atoms with Crippen LogP contribution in [0.5, 0.6) is 5.75 Å². The van der Waals surface area contributed by atoms with Crippen LogP contribution in [0.2, 0.25) is 5.02 Å². The molecule has 2 aromatic carbocycles. The van der Waals surface area contributed by atoms with Gasteiger partial charge >= 0.3 is 0 Å². The molecule has 0 aromatic heterocycles. The fourth-order valence-electron chi connectivity index (χ4n) is 1.87. The summed E-state index contributed by atoms with van der Waals surface area (Å²) in [6.07, 6.45) is -1.53. The second-order valence-electron chi connectivity index (χ2n) is 4.53. The van der Waals surface area contributed by atoms with Crippen molar-refractivity contribution in [1.82, 2.24) is 5.32 Å². The molecule has 0 aliphatic carbocycles. The van der Waals surface area contributed by atoms with Crippen LogP contribution in [0.4, 0.5) is 8.78 Å². The first kappa shape index (κ1) is 16.2. The molecule has 2 rings (SSSR count). The van der Waals surface area contributed by atoms with E-state index in [1.807, 2.05) is 0 Å². The number of aliphatic hydroxyl groups excluding tert-OH is 1. The zero-order chi connectivity index (χ0) is 16.3. The second kappa shape index (κ2) is 6.72. The van der Waals surface area contributed by atoms with Crippen molar-refractivity contribution in [3.05, 3.63) is 64.2 Å². The predicted molar refractivity (Wildman–Crippen MR) is 76.8 cm³/mol. The lowest BCUT2D eigenvalue weighted by Crippen LogP contribution is -2.29. The SMILES string of the molecule is O=C(NC[C@@H](O)c1c(F)cccc1F)c1ccc(O)c(Cl)c1. The minimum Gasteiger partial charge on any atom is -0.506 e. The molecule has 0 heterocycles. The van der Waals surface area contributed by atoms with Crippen LogP contribution in [-0.4, -0.2) is 22.7 Å². The van der Waals surface area contributed by atoms with E-state index in [2.05, 4.69) is 5.32 Å². The topological polar surface area (TPSA) is 69.6 Å². The van der Waals surface area contributed by atoms with Crippen LogP contribution in [0.1, 0.15) is 22.0 Å². The van der Waals surface area contributed by atoms with Gasteiger partial charge in [-0.05, 0) is 30.3 Å². The molecule has 0 radical (unpaired) electrons. The number of carbonyl (C=O) groups is 1. The quantitative estimate of drug-likeness (QED) is 0.808. The van der Waals surface area contributed by atoms with Crippen molar-refractivity contribution in [3.63, 3.8) is 0 Å². The van der Waals surface area contributed by atoms with Crippen LogP contribution in [0.25, 0.3) is 0 Å². The van der Waals surface area contributed by atoms with Crippen molar-refractivity contribution in [2.75, 3.05) is 6.54 Å². The van der Waals surface area contributed by atoms with Crippen molar-refractivity contribution < 1.29 is 23.8 Å². The molecule has 0 bridgehead atoms. The number of phenols is 1. The third-order valence-corrected chi connectivity index (χ3v) is 3.30. The normalized spacial score (nSPS) is 12.0. The molecular weight excluding hydrogens is 316 g/mol. The van der Waals surface area contributed by atoms with E-state index >= 15 is 0 Å². The average molecular weight is 328 g/mol. The number of hydrogen-bond donors (Lipinski definition) is 3. The highest BCUT2D eigenvalue weighted by atomic mass is 35.5. The predicted octanol–water partition coefficient (Wildman–Crippen LogP) is 2.79. The van der Waals surface area contributed by atoms with Crippen molar-refractivity contribution in [2.24, 2.45) is 0 Å². The highest BCUT2D eigenvalue weighted by Gasteiger charge is 2.19. The van der Waals surface area contributed by atoms with Crippen LogP contribution < -0.4 is 5.32 Å². The first-order chi connectivity index (χ1) is 10.4. The first-order valence-electron chi connectivity index (χ1n) is 6.29. The lowest BCUT2D eigenvalue weighted by molar-refractivity contribution is 0.0911. The molecule has 0 fully saturated rings. The number of amides is 1. The molecule has 0 saturated carbocycles. The summed E-state index contributed by atoms with van der Waals surface area (Å²) >= 11 is 5.68. The van der Waals surface area contributed by atoms with Crippen molar-refractivity contribution in [1.29, 1.82) is 0 Å². The monoisotopic (exact) mass is 327 g/mol. The molecule has 116 valence electrons.